The number of hydrogen-bond acceptors (Lipinski definition) is 1. The lowest BCUT2D eigenvalue weighted by Gasteiger charge is -2.33. The summed E-state index contributed by atoms with van der Waals surface area (Å²) in [5.41, 5.74) is 0.0909. The molecular weight excluding hydrogens is 231 g/mol. The third kappa shape index (κ3) is 2.30. The molecule has 0 heterocycles. The fourth-order valence-corrected chi connectivity index (χ4v) is 2.86. The topological polar surface area (TPSA) is 20.2 Å². The first kappa shape index (κ1) is 11.3. The van der Waals surface area contributed by atoms with E-state index >= 15 is 0 Å². The maximum absolute atomic E-state index is 10.5. The van der Waals surface area contributed by atoms with Crippen LogP contribution < -0.4 is 0 Å². The minimum Gasteiger partial charge on any atom is -0.385 e. The summed E-state index contributed by atoms with van der Waals surface area (Å²) in [6.07, 6.45) is 4.93. The Balaban J connectivity index is 2.35. The number of rotatable bonds is 1. The first-order chi connectivity index (χ1) is 7.12. The molecule has 0 aromatic heterocycles. The molecule has 0 atom stereocenters. The van der Waals surface area contributed by atoms with Gasteiger partial charge in [0.05, 0.1) is 5.60 Å². The molecule has 2 rings (SSSR count). The van der Waals surface area contributed by atoms with Crippen molar-refractivity contribution in [1.29, 1.82) is 0 Å². The van der Waals surface area contributed by atoms with Gasteiger partial charge < -0.3 is 5.11 Å². The van der Waals surface area contributed by atoms with Crippen LogP contribution in [0.1, 0.15) is 37.7 Å². The molecule has 0 aliphatic heterocycles. The molecule has 0 spiro atoms. The lowest BCUT2D eigenvalue weighted by Crippen LogP contribution is -2.28. The molecule has 1 saturated carbocycles. The molecule has 0 saturated heterocycles. The average molecular weight is 245 g/mol. The highest BCUT2D eigenvalue weighted by molar-refractivity contribution is 6.35. The molecule has 3 heteroatoms. The monoisotopic (exact) mass is 244 g/mol. The molecule has 1 nitrogen and oxygen atoms in total. The van der Waals surface area contributed by atoms with Gasteiger partial charge in [0.25, 0.3) is 0 Å². The van der Waals surface area contributed by atoms with Crippen LogP contribution in [0.4, 0.5) is 0 Å². The first-order valence-corrected chi connectivity index (χ1v) is 6.05. The molecule has 1 aromatic carbocycles. The zero-order valence-electron chi connectivity index (χ0n) is 8.47. The number of hydrogen-bond donors (Lipinski definition) is 1. The Morgan fingerprint density at radius 3 is 2.33 bits per heavy atom. The molecule has 15 heavy (non-hydrogen) atoms. The summed E-state index contributed by atoms with van der Waals surface area (Å²) in [5, 5.41) is 11.7. The summed E-state index contributed by atoms with van der Waals surface area (Å²) in [6.45, 7) is 0. The molecule has 0 amide bonds. The van der Waals surface area contributed by atoms with E-state index in [1.54, 1.807) is 12.1 Å². The van der Waals surface area contributed by atoms with E-state index in [4.69, 9.17) is 23.2 Å². The number of aliphatic hydroxyl groups is 1. The van der Waals surface area contributed by atoms with Crippen molar-refractivity contribution in [3.05, 3.63) is 33.8 Å². The Bertz CT molecular complexity index is 357. The van der Waals surface area contributed by atoms with Crippen LogP contribution in [0.25, 0.3) is 0 Å². The fourth-order valence-electron chi connectivity index (χ4n) is 2.27. The van der Waals surface area contributed by atoms with Gasteiger partial charge in [-0.3, -0.25) is 0 Å². The van der Waals surface area contributed by atoms with Crippen molar-refractivity contribution >= 4 is 23.2 Å². The minimum absolute atomic E-state index is 0.576. The lowest BCUT2D eigenvalue weighted by molar-refractivity contribution is -0.000519. The van der Waals surface area contributed by atoms with Crippen molar-refractivity contribution in [1.82, 2.24) is 0 Å². The van der Waals surface area contributed by atoms with Gasteiger partial charge in [0.2, 0.25) is 0 Å². The van der Waals surface area contributed by atoms with E-state index in [0.29, 0.717) is 10.0 Å². The molecule has 1 aliphatic rings. The molecule has 0 radical (unpaired) electrons. The summed E-state index contributed by atoms with van der Waals surface area (Å²) in [7, 11) is 0. The highest BCUT2D eigenvalue weighted by Gasteiger charge is 2.32. The Labute approximate surface area is 100 Å². The van der Waals surface area contributed by atoms with Gasteiger partial charge in [0.1, 0.15) is 0 Å². The summed E-state index contributed by atoms with van der Waals surface area (Å²) in [4.78, 5) is 0. The zero-order valence-corrected chi connectivity index (χ0v) is 9.98. The second-order valence-electron chi connectivity index (χ2n) is 4.22. The second-order valence-corrected chi connectivity index (χ2v) is 5.06. The fraction of sp³-hybridized carbons (Fsp3) is 0.500. The van der Waals surface area contributed by atoms with Crippen LogP contribution >= 0.6 is 23.2 Å². The van der Waals surface area contributed by atoms with E-state index < -0.39 is 5.60 Å². The van der Waals surface area contributed by atoms with Crippen LogP contribution in [0.5, 0.6) is 0 Å². The largest absolute Gasteiger partial charge is 0.385 e. The van der Waals surface area contributed by atoms with Gasteiger partial charge in [-0.05, 0) is 25.0 Å². The molecule has 1 fully saturated rings. The van der Waals surface area contributed by atoms with Crippen LogP contribution in [-0.2, 0) is 5.60 Å². The van der Waals surface area contributed by atoms with Gasteiger partial charge in [0, 0.05) is 15.6 Å². The molecule has 0 unspecified atom stereocenters. The van der Waals surface area contributed by atoms with Crippen LogP contribution in [0.2, 0.25) is 10.0 Å². The average Bonchev–Trinajstić information content (AvgIpc) is 2.18. The maximum Gasteiger partial charge on any atom is 0.0910 e. The third-order valence-corrected chi connectivity index (χ3v) is 3.66. The van der Waals surface area contributed by atoms with Crippen LogP contribution in [0.15, 0.2) is 18.2 Å². The Morgan fingerprint density at radius 1 is 1.07 bits per heavy atom. The summed E-state index contributed by atoms with van der Waals surface area (Å²) in [6, 6.07) is 5.33. The highest BCUT2D eigenvalue weighted by Crippen LogP contribution is 2.40. The van der Waals surface area contributed by atoms with E-state index in [1.807, 2.05) is 6.07 Å². The van der Waals surface area contributed by atoms with E-state index in [0.717, 1.165) is 31.2 Å². The molecule has 1 aliphatic carbocycles. The minimum atomic E-state index is -0.736. The van der Waals surface area contributed by atoms with E-state index in [2.05, 4.69) is 0 Å². The van der Waals surface area contributed by atoms with E-state index in [9.17, 15) is 5.11 Å². The Kier molecular flexibility index (Phi) is 3.24. The van der Waals surface area contributed by atoms with Gasteiger partial charge in [-0.25, -0.2) is 0 Å². The van der Waals surface area contributed by atoms with Crippen molar-refractivity contribution < 1.29 is 5.11 Å². The second kappa shape index (κ2) is 4.32. The van der Waals surface area contributed by atoms with Crippen molar-refractivity contribution in [2.75, 3.05) is 0 Å². The Hall–Kier alpha value is -0.240. The van der Waals surface area contributed by atoms with Gasteiger partial charge in [-0.15, -0.1) is 0 Å². The third-order valence-electron chi connectivity index (χ3n) is 3.11. The first-order valence-electron chi connectivity index (χ1n) is 5.30. The van der Waals surface area contributed by atoms with Crippen molar-refractivity contribution in [2.24, 2.45) is 0 Å². The maximum atomic E-state index is 10.5. The zero-order chi connectivity index (χ0) is 10.9. The van der Waals surface area contributed by atoms with Gasteiger partial charge in [-0.2, -0.15) is 0 Å². The molecule has 0 bridgehead atoms. The predicted octanol–water partition coefficient (Wildman–Crippen LogP) is 4.15. The molecular formula is C12H14Cl2O. The molecule has 82 valence electrons. The number of benzene rings is 1. The van der Waals surface area contributed by atoms with Crippen LogP contribution in [-0.4, -0.2) is 5.11 Å². The smallest absolute Gasteiger partial charge is 0.0910 e. The normalized spacial score (nSPS) is 20.2. The Morgan fingerprint density at radius 2 is 1.73 bits per heavy atom. The van der Waals surface area contributed by atoms with Gasteiger partial charge >= 0.3 is 0 Å². The SMILES string of the molecule is OC1(c2ccc(Cl)cc2Cl)CCCCC1. The van der Waals surface area contributed by atoms with Crippen molar-refractivity contribution in [3.8, 4) is 0 Å². The lowest BCUT2D eigenvalue weighted by atomic mass is 9.80. The molecule has 1 aromatic rings. The summed E-state index contributed by atoms with van der Waals surface area (Å²) < 4.78 is 0. The van der Waals surface area contributed by atoms with Crippen molar-refractivity contribution in [3.63, 3.8) is 0 Å². The quantitative estimate of drug-likeness (QED) is 0.788. The summed E-state index contributed by atoms with van der Waals surface area (Å²) >= 11 is 11.9. The highest BCUT2D eigenvalue weighted by atomic mass is 35.5. The van der Waals surface area contributed by atoms with Crippen LogP contribution in [0.3, 0.4) is 0 Å². The van der Waals surface area contributed by atoms with Gasteiger partial charge in [-0.1, -0.05) is 48.5 Å². The van der Waals surface area contributed by atoms with Crippen molar-refractivity contribution in [2.45, 2.75) is 37.7 Å². The molecule has 1 N–H and O–H groups in total. The van der Waals surface area contributed by atoms with Crippen LogP contribution in [0, 0.1) is 0 Å². The predicted molar refractivity (Wildman–Crippen MR) is 63.4 cm³/mol. The summed E-state index contributed by atoms with van der Waals surface area (Å²) in [5.74, 6) is 0. The van der Waals surface area contributed by atoms with E-state index in [1.165, 1.54) is 6.42 Å². The van der Waals surface area contributed by atoms with E-state index in [-0.39, 0.29) is 0 Å². The number of halogens is 2. The van der Waals surface area contributed by atoms with Gasteiger partial charge in [0.15, 0.2) is 0 Å². The standard InChI is InChI=1S/C12H14Cl2O/c13-9-4-5-10(11(14)8-9)12(15)6-2-1-3-7-12/h4-5,8,15H,1-3,6-7H2.